The van der Waals surface area contributed by atoms with Gasteiger partial charge in [0, 0.05) is 17.7 Å². The number of nitro benzene ring substituents is 1. The van der Waals surface area contributed by atoms with Crippen molar-refractivity contribution in [3.8, 4) is 0 Å². The van der Waals surface area contributed by atoms with Gasteiger partial charge in [-0.25, -0.2) is 13.1 Å². The molecule has 19 heavy (non-hydrogen) atoms. The van der Waals surface area contributed by atoms with E-state index in [9.17, 15) is 18.5 Å². The molecule has 0 heterocycles. The number of non-ortho nitro benzene ring substituents is 1. The summed E-state index contributed by atoms with van der Waals surface area (Å²) in [7, 11) is -3.82. The lowest BCUT2D eigenvalue weighted by molar-refractivity contribution is -0.384. The van der Waals surface area contributed by atoms with Crippen LogP contribution in [0.15, 0.2) is 23.1 Å². The van der Waals surface area contributed by atoms with Crippen molar-refractivity contribution in [2.75, 3.05) is 5.43 Å². The van der Waals surface area contributed by atoms with Gasteiger partial charge in [0.2, 0.25) is 10.0 Å². The van der Waals surface area contributed by atoms with Crippen molar-refractivity contribution in [3.05, 3.63) is 28.3 Å². The Bertz CT molecular complexity index is 592. The average Bonchev–Trinajstić information content (AvgIpc) is 2.24. The number of benzene rings is 1. The van der Waals surface area contributed by atoms with Crippen LogP contribution in [0, 0.1) is 10.1 Å². The zero-order chi connectivity index (χ0) is 14.8. The number of anilines is 1. The zero-order valence-corrected chi connectivity index (χ0v) is 11.6. The monoisotopic (exact) mass is 288 g/mol. The summed E-state index contributed by atoms with van der Waals surface area (Å²) in [4.78, 5) is 9.86. The lowest BCUT2D eigenvalue weighted by atomic mass is 10.1. The van der Waals surface area contributed by atoms with Crippen LogP contribution in [0.3, 0.4) is 0 Å². The van der Waals surface area contributed by atoms with Crippen molar-refractivity contribution >= 4 is 21.4 Å². The maximum Gasteiger partial charge on any atom is 0.271 e. The number of sulfonamides is 1. The lowest BCUT2D eigenvalue weighted by Gasteiger charge is -2.21. The lowest BCUT2D eigenvalue weighted by Crippen LogP contribution is -2.40. The second-order valence-electron chi connectivity index (χ2n) is 4.94. The minimum atomic E-state index is -3.82. The highest BCUT2D eigenvalue weighted by atomic mass is 32.2. The van der Waals surface area contributed by atoms with Gasteiger partial charge in [-0.1, -0.05) is 0 Å². The summed E-state index contributed by atoms with van der Waals surface area (Å²) in [6, 6.07) is 3.32. The molecule has 0 bridgehead atoms. The Morgan fingerprint density at radius 1 is 1.32 bits per heavy atom. The fourth-order valence-electron chi connectivity index (χ4n) is 1.44. The number of nitrogens with zero attached hydrogens (tertiary/aromatic N) is 1. The van der Waals surface area contributed by atoms with Gasteiger partial charge in [0.25, 0.3) is 5.69 Å². The summed E-state index contributed by atoms with van der Waals surface area (Å²) in [6.07, 6.45) is 0. The van der Waals surface area contributed by atoms with Crippen LogP contribution < -0.4 is 16.0 Å². The number of nitro groups is 1. The van der Waals surface area contributed by atoms with Gasteiger partial charge in [-0.05, 0) is 26.8 Å². The first-order chi connectivity index (χ1) is 8.57. The summed E-state index contributed by atoms with van der Waals surface area (Å²) in [5, 5.41) is 10.6. The molecule has 4 N–H and O–H groups in total. The summed E-state index contributed by atoms with van der Waals surface area (Å²) >= 11 is 0. The van der Waals surface area contributed by atoms with Crippen molar-refractivity contribution in [2.45, 2.75) is 31.2 Å². The Hall–Kier alpha value is -1.71. The van der Waals surface area contributed by atoms with Crippen LogP contribution in [0.2, 0.25) is 0 Å². The molecule has 9 heteroatoms. The van der Waals surface area contributed by atoms with Gasteiger partial charge in [0.15, 0.2) is 0 Å². The van der Waals surface area contributed by atoms with Gasteiger partial charge in [0.1, 0.15) is 4.90 Å². The van der Waals surface area contributed by atoms with Gasteiger partial charge in [0.05, 0.1) is 10.6 Å². The Labute approximate surface area is 111 Å². The van der Waals surface area contributed by atoms with E-state index >= 15 is 0 Å². The number of nitrogens with one attached hydrogen (secondary N) is 2. The quantitative estimate of drug-likeness (QED) is 0.430. The number of rotatable bonds is 4. The van der Waals surface area contributed by atoms with Gasteiger partial charge in [-0.15, -0.1) is 0 Å². The number of hydrogen-bond donors (Lipinski definition) is 3. The Morgan fingerprint density at radius 3 is 2.32 bits per heavy atom. The predicted molar refractivity (Wildman–Crippen MR) is 71.0 cm³/mol. The molecule has 1 aromatic carbocycles. The Kier molecular flexibility index (Phi) is 4.13. The number of hydrazine groups is 1. The highest BCUT2D eigenvalue weighted by Crippen LogP contribution is 2.26. The fourth-order valence-corrected chi connectivity index (χ4v) is 3.01. The van der Waals surface area contributed by atoms with Crippen LogP contribution >= 0.6 is 0 Å². The normalized spacial score (nSPS) is 12.2. The fraction of sp³-hybridized carbons (Fsp3) is 0.400. The van der Waals surface area contributed by atoms with Crippen LogP contribution in [-0.4, -0.2) is 18.9 Å². The molecule has 0 amide bonds. The SMILES string of the molecule is CC(C)(C)NS(=O)(=O)c1ccc([N+](=O)[O-])cc1NN. The van der Waals surface area contributed by atoms with Crippen LogP contribution in [-0.2, 0) is 10.0 Å². The Morgan fingerprint density at radius 2 is 1.89 bits per heavy atom. The van der Waals surface area contributed by atoms with E-state index in [4.69, 9.17) is 5.84 Å². The summed E-state index contributed by atoms with van der Waals surface area (Å²) in [5.41, 5.74) is 1.20. The molecular formula is C10H16N4O4S. The highest BCUT2D eigenvalue weighted by Gasteiger charge is 2.25. The molecule has 1 aromatic rings. The van der Waals surface area contributed by atoms with E-state index in [0.717, 1.165) is 18.2 Å². The van der Waals surface area contributed by atoms with E-state index in [1.165, 1.54) is 0 Å². The predicted octanol–water partition coefficient (Wildman–Crippen LogP) is 0.957. The van der Waals surface area contributed by atoms with Crippen LogP contribution in [0.1, 0.15) is 20.8 Å². The van der Waals surface area contributed by atoms with Crippen LogP contribution in [0.4, 0.5) is 11.4 Å². The van der Waals surface area contributed by atoms with Crippen molar-refractivity contribution in [3.63, 3.8) is 0 Å². The first-order valence-electron chi connectivity index (χ1n) is 5.36. The molecule has 0 fully saturated rings. The van der Waals surface area contributed by atoms with Crippen LogP contribution in [0.25, 0.3) is 0 Å². The largest absolute Gasteiger partial charge is 0.323 e. The molecule has 8 nitrogen and oxygen atoms in total. The maximum atomic E-state index is 12.1. The minimum absolute atomic E-state index is 0.0362. The second kappa shape index (κ2) is 5.11. The van der Waals surface area contributed by atoms with Crippen molar-refractivity contribution in [2.24, 2.45) is 5.84 Å². The van der Waals surface area contributed by atoms with Gasteiger partial charge >= 0.3 is 0 Å². The maximum absolute atomic E-state index is 12.1. The molecule has 106 valence electrons. The van der Waals surface area contributed by atoms with E-state index in [-0.39, 0.29) is 16.3 Å². The summed E-state index contributed by atoms with van der Waals surface area (Å²) in [6.45, 7) is 5.06. The molecule has 0 saturated heterocycles. The molecule has 0 radical (unpaired) electrons. The third-order valence-corrected chi connectivity index (χ3v) is 3.88. The second-order valence-corrected chi connectivity index (χ2v) is 6.59. The first kappa shape index (κ1) is 15.3. The standard InChI is InChI=1S/C10H16N4O4S/c1-10(2,3)13-19(17,18)9-5-4-7(14(15)16)6-8(9)12-11/h4-6,12-13H,11H2,1-3H3. The smallest absolute Gasteiger partial charge is 0.271 e. The van der Waals surface area contributed by atoms with E-state index in [1.807, 2.05) is 0 Å². The van der Waals surface area contributed by atoms with Gasteiger partial charge < -0.3 is 5.43 Å². The van der Waals surface area contributed by atoms with Gasteiger partial charge in [-0.2, -0.15) is 0 Å². The number of nitrogens with two attached hydrogens (primary N) is 1. The molecule has 0 aliphatic carbocycles. The molecule has 0 saturated carbocycles. The average molecular weight is 288 g/mol. The van der Waals surface area contributed by atoms with E-state index < -0.39 is 20.5 Å². The van der Waals surface area contributed by atoms with Crippen molar-refractivity contribution < 1.29 is 13.3 Å². The molecular weight excluding hydrogens is 272 g/mol. The first-order valence-corrected chi connectivity index (χ1v) is 6.84. The molecule has 0 spiro atoms. The van der Waals surface area contributed by atoms with E-state index in [1.54, 1.807) is 20.8 Å². The molecule has 0 atom stereocenters. The number of nitrogen functional groups attached to an aromatic ring is 1. The highest BCUT2D eigenvalue weighted by molar-refractivity contribution is 7.89. The minimum Gasteiger partial charge on any atom is -0.323 e. The van der Waals surface area contributed by atoms with E-state index in [0.29, 0.717) is 0 Å². The Balaban J connectivity index is 3.31. The summed E-state index contributed by atoms with van der Waals surface area (Å²) in [5.74, 6) is 5.22. The van der Waals surface area contributed by atoms with E-state index in [2.05, 4.69) is 10.1 Å². The molecule has 1 rings (SSSR count). The zero-order valence-electron chi connectivity index (χ0n) is 10.8. The third-order valence-electron chi connectivity index (χ3n) is 2.06. The summed E-state index contributed by atoms with van der Waals surface area (Å²) < 4.78 is 26.7. The van der Waals surface area contributed by atoms with Crippen molar-refractivity contribution in [1.29, 1.82) is 0 Å². The van der Waals surface area contributed by atoms with Gasteiger partial charge in [-0.3, -0.25) is 16.0 Å². The molecule has 0 aliphatic heterocycles. The van der Waals surface area contributed by atoms with Crippen LogP contribution in [0.5, 0.6) is 0 Å². The molecule has 0 aromatic heterocycles. The third kappa shape index (κ3) is 3.88. The number of hydrogen-bond acceptors (Lipinski definition) is 6. The topological polar surface area (TPSA) is 127 Å². The van der Waals surface area contributed by atoms with Crippen molar-refractivity contribution in [1.82, 2.24) is 4.72 Å². The molecule has 0 unspecified atom stereocenters. The molecule has 0 aliphatic rings.